The molecule has 8 nitrogen and oxygen atoms in total. The Morgan fingerprint density at radius 3 is 2.80 bits per heavy atom. The summed E-state index contributed by atoms with van der Waals surface area (Å²) in [6, 6.07) is 5.08. The fourth-order valence-corrected chi connectivity index (χ4v) is 2.90. The molecule has 0 saturated carbocycles. The number of nitrogens with zero attached hydrogens (tertiary/aromatic N) is 2. The zero-order valence-electron chi connectivity index (χ0n) is 14.5. The fourth-order valence-electron chi connectivity index (χ4n) is 2.90. The Morgan fingerprint density at radius 2 is 2.12 bits per heavy atom. The lowest BCUT2D eigenvalue weighted by Gasteiger charge is -2.19. The van der Waals surface area contributed by atoms with E-state index in [0.29, 0.717) is 35.1 Å². The summed E-state index contributed by atoms with van der Waals surface area (Å²) >= 11 is 0. The summed E-state index contributed by atoms with van der Waals surface area (Å²) in [5.41, 5.74) is 1.15. The van der Waals surface area contributed by atoms with Crippen molar-refractivity contribution in [3.63, 3.8) is 0 Å². The van der Waals surface area contributed by atoms with Crippen LogP contribution in [0.3, 0.4) is 0 Å². The number of hydrogen-bond donors (Lipinski definition) is 2. The van der Waals surface area contributed by atoms with Gasteiger partial charge in [-0.05, 0) is 18.6 Å². The first-order valence-corrected chi connectivity index (χ1v) is 7.85. The highest BCUT2D eigenvalue weighted by Crippen LogP contribution is 2.33. The van der Waals surface area contributed by atoms with E-state index >= 15 is 0 Å². The minimum Gasteiger partial charge on any atom is -0.493 e. The molecule has 0 spiro atoms. The maximum absolute atomic E-state index is 12.7. The van der Waals surface area contributed by atoms with Gasteiger partial charge in [-0.1, -0.05) is 13.0 Å². The number of fused-ring (bicyclic) bond motifs is 1. The van der Waals surface area contributed by atoms with Crippen molar-refractivity contribution in [1.82, 2.24) is 9.78 Å². The SMILES string of the molecule is COc1cccc(C(=O)Nc2nn(C)c3c2C[C@@H](C)C(=O)N3)c1OC. The van der Waals surface area contributed by atoms with Gasteiger partial charge >= 0.3 is 0 Å². The molecule has 2 amide bonds. The topological polar surface area (TPSA) is 94.5 Å². The van der Waals surface area contributed by atoms with Crippen LogP contribution in [0.25, 0.3) is 0 Å². The van der Waals surface area contributed by atoms with Gasteiger partial charge in [-0.15, -0.1) is 0 Å². The molecule has 0 fully saturated rings. The summed E-state index contributed by atoms with van der Waals surface area (Å²) < 4.78 is 12.1. The average molecular weight is 344 g/mol. The third kappa shape index (κ3) is 2.90. The smallest absolute Gasteiger partial charge is 0.260 e. The number of anilines is 2. The van der Waals surface area contributed by atoms with Gasteiger partial charge in [0.05, 0.1) is 19.8 Å². The Kier molecular flexibility index (Phi) is 4.35. The van der Waals surface area contributed by atoms with Gasteiger partial charge in [0.2, 0.25) is 5.91 Å². The number of amides is 2. The molecule has 1 aromatic heterocycles. The maximum Gasteiger partial charge on any atom is 0.260 e. The lowest BCUT2D eigenvalue weighted by Crippen LogP contribution is -2.28. The van der Waals surface area contributed by atoms with Gasteiger partial charge in [0.25, 0.3) is 5.91 Å². The number of nitrogens with one attached hydrogen (secondary N) is 2. The molecule has 2 aromatic rings. The number of carbonyl (C=O) groups is 2. The molecule has 1 aliphatic heterocycles. The van der Waals surface area contributed by atoms with Gasteiger partial charge in [-0.25, -0.2) is 0 Å². The molecule has 2 heterocycles. The van der Waals surface area contributed by atoms with Crippen LogP contribution in [0.15, 0.2) is 18.2 Å². The van der Waals surface area contributed by atoms with E-state index in [2.05, 4.69) is 15.7 Å². The van der Waals surface area contributed by atoms with E-state index in [4.69, 9.17) is 9.47 Å². The van der Waals surface area contributed by atoms with Gasteiger partial charge in [0.15, 0.2) is 17.3 Å². The standard InChI is InChI=1S/C17H20N4O4/c1-9-8-11-14(20-21(2)15(11)19-16(9)22)18-17(23)10-6-5-7-12(24-3)13(10)25-4/h5-7,9H,8H2,1-4H3,(H,19,22)(H,18,20,23)/t9-/m1/s1. The number of aromatic nitrogens is 2. The van der Waals surface area contributed by atoms with Crippen molar-refractivity contribution in [3.8, 4) is 11.5 Å². The zero-order valence-corrected chi connectivity index (χ0v) is 14.5. The van der Waals surface area contributed by atoms with Crippen LogP contribution in [0.5, 0.6) is 11.5 Å². The predicted molar refractivity (Wildman–Crippen MR) is 92.2 cm³/mol. The van der Waals surface area contributed by atoms with Gasteiger partial charge in [-0.3, -0.25) is 14.3 Å². The highest BCUT2D eigenvalue weighted by molar-refractivity contribution is 6.07. The highest BCUT2D eigenvalue weighted by atomic mass is 16.5. The summed E-state index contributed by atoms with van der Waals surface area (Å²) in [5.74, 6) is 1.27. The molecular formula is C17H20N4O4. The first-order valence-electron chi connectivity index (χ1n) is 7.85. The Balaban J connectivity index is 1.93. The van der Waals surface area contributed by atoms with Crippen molar-refractivity contribution in [2.75, 3.05) is 24.9 Å². The minimum atomic E-state index is -0.360. The van der Waals surface area contributed by atoms with Crippen molar-refractivity contribution < 1.29 is 19.1 Å². The lowest BCUT2D eigenvalue weighted by molar-refractivity contribution is -0.119. The van der Waals surface area contributed by atoms with E-state index < -0.39 is 0 Å². The van der Waals surface area contributed by atoms with E-state index in [1.807, 2.05) is 6.92 Å². The zero-order chi connectivity index (χ0) is 18.1. The van der Waals surface area contributed by atoms with Crippen LogP contribution in [0.2, 0.25) is 0 Å². The van der Waals surface area contributed by atoms with Crippen molar-refractivity contribution in [2.24, 2.45) is 13.0 Å². The first kappa shape index (κ1) is 16.8. The molecule has 0 unspecified atom stereocenters. The molecule has 8 heteroatoms. The summed E-state index contributed by atoms with van der Waals surface area (Å²) in [6.45, 7) is 1.84. The molecule has 0 bridgehead atoms. The van der Waals surface area contributed by atoms with Crippen molar-refractivity contribution >= 4 is 23.5 Å². The Hall–Kier alpha value is -3.03. The Labute approximate surface area is 145 Å². The van der Waals surface area contributed by atoms with Crippen LogP contribution >= 0.6 is 0 Å². The second kappa shape index (κ2) is 6.46. The largest absolute Gasteiger partial charge is 0.493 e. The highest BCUT2D eigenvalue weighted by Gasteiger charge is 2.29. The van der Waals surface area contributed by atoms with Gasteiger partial charge < -0.3 is 20.1 Å². The summed E-state index contributed by atoms with van der Waals surface area (Å²) in [7, 11) is 4.71. The number of rotatable bonds is 4. The first-order chi connectivity index (χ1) is 12.0. The quantitative estimate of drug-likeness (QED) is 0.882. The summed E-state index contributed by atoms with van der Waals surface area (Å²) in [6.07, 6.45) is 0.514. The van der Waals surface area contributed by atoms with E-state index in [0.717, 1.165) is 5.56 Å². The van der Waals surface area contributed by atoms with Crippen LogP contribution in [-0.2, 0) is 18.3 Å². The molecule has 0 radical (unpaired) electrons. The number of para-hydroxylation sites is 1. The molecular weight excluding hydrogens is 324 g/mol. The van der Waals surface area contributed by atoms with Crippen molar-refractivity contribution in [3.05, 3.63) is 29.3 Å². The molecule has 1 aliphatic rings. The van der Waals surface area contributed by atoms with E-state index in [1.165, 1.54) is 14.2 Å². The van der Waals surface area contributed by atoms with Crippen LogP contribution in [0.4, 0.5) is 11.6 Å². The number of benzene rings is 1. The lowest BCUT2D eigenvalue weighted by atomic mass is 9.98. The third-order valence-electron chi connectivity index (χ3n) is 4.22. The average Bonchev–Trinajstić information content (AvgIpc) is 2.89. The van der Waals surface area contributed by atoms with Crippen LogP contribution in [0.1, 0.15) is 22.8 Å². The monoisotopic (exact) mass is 344 g/mol. The number of methoxy groups -OCH3 is 2. The summed E-state index contributed by atoms with van der Waals surface area (Å²) in [4.78, 5) is 24.6. The molecule has 1 atom stereocenters. The maximum atomic E-state index is 12.7. The fraction of sp³-hybridized carbons (Fsp3) is 0.353. The number of aryl methyl sites for hydroxylation is 1. The molecule has 132 valence electrons. The van der Waals surface area contributed by atoms with E-state index in [-0.39, 0.29) is 17.7 Å². The molecule has 1 aromatic carbocycles. The van der Waals surface area contributed by atoms with E-state index in [9.17, 15) is 9.59 Å². The Morgan fingerprint density at radius 1 is 1.36 bits per heavy atom. The van der Waals surface area contributed by atoms with Gasteiger partial charge in [0.1, 0.15) is 5.82 Å². The van der Waals surface area contributed by atoms with Crippen LogP contribution in [0, 0.1) is 5.92 Å². The van der Waals surface area contributed by atoms with Crippen LogP contribution < -0.4 is 20.1 Å². The third-order valence-corrected chi connectivity index (χ3v) is 4.22. The van der Waals surface area contributed by atoms with E-state index in [1.54, 1.807) is 29.9 Å². The second-order valence-electron chi connectivity index (χ2n) is 5.89. The minimum absolute atomic E-state index is 0.0529. The number of hydrogen-bond acceptors (Lipinski definition) is 5. The van der Waals surface area contributed by atoms with Crippen LogP contribution in [-0.4, -0.2) is 35.8 Å². The molecule has 25 heavy (non-hydrogen) atoms. The molecule has 2 N–H and O–H groups in total. The van der Waals surface area contributed by atoms with Crippen molar-refractivity contribution in [2.45, 2.75) is 13.3 Å². The normalized spacial score (nSPS) is 16.0. The predicted octanol–water partition coefficient (Wildman–Crippen LogP) is 1.82. The molecule has 0 aliphatic carbocycles. The van der Waals surface area contributed by atoms with Crippen molar-refractivity contribution in [1.29, 1.82) is 0 Å². The van der Waals surface area contributed by atoms with Gasteiger partial charge in [-0.2, -0.15) is 5.10 Å². The molecule has 0 saturated heterocycles. The van der Waals surface area contributed by atoms with Gasteiger partial charge in [0, 0.05) is 18.5 Å². The number of carbonyl (C=O) groups excluding carboxylic acids is 2. The summed E-state index contributed by atoms with van der Waals surface area (Å²) in [5, 5.41) is 9.95. The number of ether oxygens (including phenoxy) is 2. The Bertz CT molecular complexity index is 843. The molecule has 3 rings (SSSR count). The second-order valence-corrected chi connectivity index (χ2v) is 5.89.